The lowest BCUT2D eigenvalue weighted by Gasteiger charge is -2.37. The van der Waals surface area contributed by atoms with Crippen molar-refractivity contribution >= 4 is 0 Å². The van der Waals surface area contributed by atoms with E-state index in [-0.39, 0.29) is 23.5 Å². The Morgan fingerprint density at radius 2 is 1.60 bits per heavy atom. The van der Waals surface area contributed by atoms with Crippen LogP contribution in [0.4, 0.5) is 0 Å². The van der Waals surface area contributed by atoms with Crippen molar-refractivity contribution in [3.63, 3.8) is 0 Å². The van der Waals surface area contributed by atoms with E-state index in [4.69, 9.17) is 10.8 Å². The number of aliphatic hydroxyl groups is 2. The maximum Gasteiger partial charge on any atom is 0.0606 e. The molecule has 0 bridgehead atoms. The summed E-state index contributed by atoms with van der Waals surface area (Å²) in [6.07, 6.45) is 0.928. The fourth-order valence-electron chi connectivity index (χ4n) is 2.16. The molecule has 0 heterocycles. The topological polar surface area (TPSA) is 66.5 Å². The summed E-state index contributed by atoms with van der Waals surface area (Å²) in [5, 5.41) is 18.9. The lowest BCUT2D eigenvalue weighted by molar-refractivity contribution is 0.00721. The Morgan fingerprint density at radius 1 is 1.13 bits per heavy atom. The molecule has 0 aromatic rings. The summed E-state index contributed by atoms with van der Waals surface area (Å²) in [6.45, 7) is 10.5. The van der Waals surface area contributed by atoms with E-state index in [0.29, 0.717) is 6.42 Å². The van der Waals surface area contributed by atoms with Gasteiger partial charge in [-0.05, 0) is 23.7 Å². The Morgan fingerprint density at radius 3 is 1.93 bits per heavy atom. The SMILES string of the molecule is CC(C)(C)CC(C)(C)[C@@H](O)C[C@@H](N)CO. The molecule has 0 aliphatic carbocycles. The molecule has 2 atom stereocenters. The van der Waals surface area contributed by atoms with Crippen molar-refractivity contribution in [2.45, 2.75) is 59.6 Å². The molecule has 0 spiro atoms. The summed E-state index contributed by atoms with van der Waals surface area (Å²) in [5.41, 5.74) is 5.65. The third-order valence-electron chi connectivity index (χ3n) is 2.65. The maximum absolute atomic E-state index is 10.1. The minimum atomic E-state index is -0.459. The third kappa shape index (κ3) is 6.13. The first-order chi connectivity index (χ1) is 6.58. The average Bonchev–Trinajstić information content (AvgIpc) is 1.99. The number of rotatable bonds is 5. The summed E-state index contributed by atoms with van der Waals surface area (Å²) in [4.78, 5) is 0. The smallest absolute Gasteiger partial charge is 0.0606 e. The van der Waals surface area contributed by atoms with Crippen molar-refractivity contribution in [1.29, 1.82) is 0 Å². The first-order valence-electron chi connectivity index (χ1n) is 5.63. The van der Waals surface area contributed by atoms with Crippen LogP contribution in [-0.4, -0.2) is 29.0 Å². The van der Waals surface area contributed by atoms with Gasteiger partial charge in [0.1, 0.15) is 0 Å². The molecule has 0 amide bonds. The van der Waals surface area contributed by atoms with Crippen molar-refractivity contribution in [2.75, 3.05) is 6.61 Å². The van der Waals surface area contributed by atoms with Gasteiger partial charge in [0.25, 0.3) is 0 Å². The van der Waals surface area contributed by atoms with Gasteiger partial charge in [0.15, 0.2) is 0 Å². The van der Waals surface area contributed by atoms with Crippen LogP contribution in [0.5, 0.6) is 0 Å². The van der Waals surface area contributed by atoms with Crippen LogP contribution in [0.15, 0.2) is 0 Å². The van der Waals surface area contributed by atoms with Crippen LogP contribution in [0, 0.1) is 10.8 Å². The predicted octanol–water partition coefficient (Wildman–Crippen LogP) is 1.52. The summed E-state index contributed by atoms with van der Waals surface area (Å²) >= 11 is 0. The number of nitrogens with two attached hydrogens (primary N) is 1. The molecule has 0 aromatic heterocycles. The molecule has 0 rings (SSSR count). The van der Waals surface area contributed by atoms with Gasteiger partial charge in [-0.2, -0.15) is 0 Å². The monoisotopic (exact) mass is 217 g/mol. The van der Waals surface area contributed by atoms with Crippen molar-refractivity contribution in [3.05, 3.63) is 0 Å². The van der Waals surface area contributed by atoms with E-state index in [2.05, 4.69) is 20.8 Å². The second-order valence-electron chi connectivity index (χ2n) is 6.42. The fourth-order valence-corrected chi connectivity index (χ4v) is 2.16. The summed E-state index contributed by atoms with van der Waals surface area (Å²) < 4.78 is 0. The highest BCUT2D eigenvalue weighted by molar-refractivity contribution is 4.84. The Kier molecular flexibility index (Phi) is 5.24. The zero-order valence-corrected chi connectivity index (χ0v) is 10.7. The molecular formula is C12H27NO2. The van der Waals surface area contributed by atoms with Crippen molar-refractivity contribution in [3.8, 4) is 0 Å². The molecule has 4 N–H and O–H groups in total. The molecule has 0 aliphatic rings. The van der Waals surface area contributed by atoms with Gasteiger partial charge < -0.3 is 15.9 Å². The van der Waals surface area contributed by atoms with Gasteiger partial charge in [-0.1, -0.05) is 34.6 Å². The van der Waals surface area contributed by atoms with Crippen LogP contribution in [0.1, 0.15) is 47.5 Å². The zero-order valence-electron chi connectivity index (χ0n) is 10.7. The van der Waals surface area contributed by atoms with E-state index < -0.39 is 6.10 Å². The molecule has 0 saturated carbocycles. The highest BCUT2D eigenvalue weighted by Crippen LogP contribution is 2.36. The second kappa shape index (κ2) is 5.28. The molecule has 0 radical (unpaired) electrons. The minimum Gasteiger partial charge on any atom is -0.395 e. The van der Waals surface area contributed by atoms with Gasteiger partial charge in [-0.25, -0.2) is 0 Å². The van der Waals surface area contributed by atoms with E-state index in [0.717, 1.165) is 6.42 Å². The van der Waals surface area contributed by atoms with E-state index in [1.807, 2.05) is 13.8 Å². The summed E-state index contributed by atoms with van der Waals surface area (Å²) in [6, 6.07) is -0.320. The molecule has 0 saturated heterocycles. The predicted molar refractivity (Wildman–Crippen MR) is 63.5 cm³/mol. The number of hydrogen-bond acceptors (Lipinski definition) is 3. The largest absolute Gasteiger partial charge is 0.395 e. The highest BCUT2D eigenvalue weighted by atomic mass is 16.3. The first kappa shape index (κ1) is 14.9. The summed E-state index contributed by atoms with van der Waals surface area (Å²) in [7, 11) is 0. The Balaban J connectivity index is 4.32. The summed E-state index contributed by atoms with van der Waals surface area (Å²) in [5.74, 6) is 0. The fraction of sp³-hybridized carbons (Fsp3) is 1.00. The molecular weight excluding hydrogens is 190 g/mol. The number of hydrogen-bond donors (Lipinski definition) is 3. The van der Waals surface area contributed by atoms with Gasteiger partial charge in [-0.3, -0.25) is 0 Å². The number of aliphatic hydroxyl groups excluding tert-OH is 2. The maximum atomic E-state index is 10.1. The van der Waals surface area contributed by atoms with E-state index in [1.165, 1.54) is 0 Å². The normalized spacial score (nSPS) is 17.6. The Hall–Kier alpha value is -0.120. The van der Waals surface area contributed by atoms with E-state index in [9.17, 15) is 5.11 Å². The zero-order chi connectivity index (χ0) is 12.3. The van der Waals surface area contributed by atoms with Crippen LogP contribution >= 0.6 is 0 Å². The third-order valence-corrected chi connectivity index (χ3v) is 2.65. The Labute approximate surface area is 93.7 Å². The van der Waals surface area contributed by atoms with Crippen LogP contribution in [0.25, 0.3) is 0 Å². The molecule has 0 aliphatic heterocycles. The molecule has 0 unspecified atom stereocenters. The molecule has 15 heavy (non-hydrogen) atoms. The molecule has 92 valence electrons. The standard InChI is InChI=1S/C12H27NO2/c1-11(2,3)8-12(4,5)10(15)6-9(13)7-14/h9-10,14-15H,6-8,13H2,1-5H3/t9-,10+/m1/s1. The Bertz CT molecular complexity index is 185. The van der Waals surface area contributed by atoms with Crippen LogP contribution in [0.3, 0.4) is 0 Å². The lowest BCUT2D eigenvalue weighted by Crippen LogP contribution is -2.39. The highest BCUT2D eigenvalue weighted by Gasteiger charge is 2.33. The van der Waals surface area contributed by atoms with E-state index >= 15 is 0 Å². The quantitative estimate of drug-likeness (QED) is 0.654. The minimum absolute atomic E-state index is 0.0668. The van der Waals surface area contributed by atoms with E-state index in [1.54, 1.807) is 0 Å². The van der Waals surface area contributed by atoms with Crippen LogP contribution < -0.4 is 5.73 Å². The van der Waals surface area contributed by atoms with Gasteiger partial charge in [0.2, 0.25) is 0 Å². The second-order valence-corrected chi connectivity index (χ2v) is 6.42. The molecule has 3 nitrogen and oxygen atoms in total. The molecule has 0 fully saturated rings. The van der Waals surface area contributed by atoms with Gasteiger partial charge in [0, 0.05) is 6.04 Å². The van der Waals surface area contributed by atoms with Gasteiger partial charge in [0.05, 0.1) is 12.7 Å². The molecule has 0 aromatic carbocycles. The van der Waals surface area contributed by atoms with Crippen LogP contribution in [0.2, 0.25) is 0 Å². The van der Waals surface area contributed by atoms with Crippen molar-refractivity contribution in [1.82, 2.24) is 0 Å². The average molecular weight is 217 g/mol. The lowest BCUT2D eigenvalue weighted by atomic mass is 9.72. The van der Waals surface area contributed by atoms with Crippen LogP contribution in [-0.2, 0) is 0 Å². The van der Waals surface area contributed by atoms with Gasteiger partial charge in [-0.15, -0.1) is 0 Å². The first-order valence-corrected chi connectivity index (χ1v) is 5.63. The van der Waals surface area contributed by atoms with Crippen molar-refractivity contribution < 1.29 is 10.2 Å². The van der Waals surface area contributed by atoms with Gasteiger partial charge >= 0.3 is 0 Å². The molecule has 3 heteroatoms. The van der Waals surface area contributed by atoms with Crippen molar-refractivity contribution in [2.24, 2.45) is 16.6 Å².